The minimum absolute atomic E-state index is 0.0481. The Morgan fingerprint density at radius 1 is 1.38 bits per heavy atom. The summed E-state index contributed by atoms with van der Waals surface area (Å²) in [5.41, 5.74) is 0. The average Bonchev–Trinajstić information content (AvgIpc) is 3.17. The monoisotopic (exact) mass is 309 g/mol. The van der Waals surface area contributed by atoms with Gasteiger partial charge < -0.3 is 9.80 Å². The molecule has 1 atom stereocenters. The molecule has 0 bridgehead atoms. The zero-order valence-corrected chi connectivity index (χ0v) is 12.4. The van der Waals surface area contributed by atoms with E-state index < -0.39 is 0 Å². The predicted octanol–water partition coefficient (Wildman–Crippen LogP) is 0.564. The van der Waals surface area contributed by atoms with Crippen LogP contribution in [0.2, 0.25) is 5.02 Å². The lowest BCUT2D eigenvalue weighted by Crippen LogP contribution is -2.50. The second kappa shape index (κ2) is 5.72. The van der Waals surface area contributed by atoms with E-state index in [9.17, 15) is 4.79 Å². The number of nitrogens with zero attached hydrogens (tertiary/aromatic N) is 6. The highest BCUT2D eigenvalue weighted by Crippen LogP contribution is 2.16. The molecule has 0 radical (unpaired) electrons. The number of carbonyl (C=O) groups excluding carboxylic acids is 1. The smallest absolute Gasteiger partial charge is 0.247 e. The van der Waals surface area contributed by atoms with Crippen molar-refractivity contribution in [3.63, 3.8) is 0 Å². The first-order valence-corrected chi connectivity index (χ1v) is 7.11. The van der Waals surface area contributed by atoms with Crippen LogP contribution in [0.5, 0.6) is 0 Å². The average molecular weight is 310 g/mol. The number of amides is 1. The maximum Gasteiger partial charge on any atom is 0.247 e. The van der Waals surface area contributed by atoms with Crippen molar-refractivity contribution in [3.8, 4) is 0 Å². The van der Waals surface area contributed by atoms with E-state index in [4.69, 9.17) is 11.6 Å². The van der Waals surface area contributed by atoms with Crippen LogP contribution >= 0.6 is 11.6 Å². The first-order valence-electron chi connectivity index (χ1n) is 6.74. The summed E-state index contributed by atoms with van der Waals surface area (Å²) in [4.78, 5) is 20.5. The second-order valence-electron chi connectivity index (χ2n) is 4.94. The number of hydrogen-bond acceptors (Lipinski definition) is 5. The van der Waals surface area contributed by atoms with Gasteiger partial charge in [0.25, 0.3) is 0 Å². The van der Waals surface area contributed by atoms with Crippen molar-refractivity contribution in [2.45, 2.75) is 13.0 Å². The van der Waals surface area contributed by atoms with Crippen LogP contribution < -0.4 is 4.90 Å². The Balaban J connectivity index is 1.60. The Morgan fingerprint density at radius 2 is 2.14 bits per heavy atom. The van der Waals surface area contributed by atoms with E-state index >= 15 is 0 Å². The highest BCUT2D eigenvalue weighted by atomic mass is 35.5. The normalized spacial score (nSPS) is 17.0. The van der Waals surface area contributed by atoms with Gasteiger partial charge in [0.15, 0.2) is 0 Å². The van der Waals surface area contributed by atoms with E-state index in [1.165, 1.54) is 12.5 Å². The summed E-state index contributed by atoms with van der Waals surface area (Å²) in [6, 6.07) is -0.352. The SMILES string of the molecule is C[C@H](C(=O)N1CCN(c2ncn[nH]2)CC1)n1cc(Cl)cn1. The van der Waals surface area contributed by atoms with E-state index in [-0.39, 0.29) is 11.9 Å². The van der Waals surface area contributed by atoms with Gasteiger partial charge in [-0.2, -0.15) is 15.2 Å². The van der Waals surface area contributed by atoms with E-state index in [0.717, 1.165) is 19.0 Å². The van der Waals surface area contributed by atoms with Crippen molar-refractivity contribution in [3.05, 3.63) is 23.7 Å². The molecular weight excluding hydrogens is 294 g/mol. The number of anilines is 1. The van der Waals surface area contributed by atoms with E-state index in [0.29, 0.717) is 18.1 Å². The van der Waals surface area contributed by atoms with Crippen LogP contribution in [0.1, 0.15) is 13.0 Å². The number of halogens is 1. The molecule has 3 rings (SSSR count). The topological polar surface area (TPSA) is 82.9 Å². The van der Waals surface area contributed by atoms with Crippen LogP contribution in [0.15, 0.2) is 18.7 Å². The fourth-order valence-corrected chi connectivity index (χ4v) is 2.54. The minimum Gasteiger partial charge on any atom is -0.338 e. The van der Waals surface area contributed by atoms with Crippen LogP contribution in [0, 0.1) is 0 Å². The molecule has 1 aliphatic heterocycles. The van der Waals surface area contributed by atoms with Gasteiger partial charge in [-0.05, 0) is 6.92 Å². The molecule has 3 heterocycles. The van der Waals surface area contributed by atoms with Crippen molar-refractivity contribution in [1.29, 1.82) is 0 Å². The van der Waals surface area contributed by atoms with Crippen LogP contribution in [0.4, 0.5) is 5.95 Å². The van der Waals surface area contributed by atoms with Crippen LogP contribution in [-0.2, 0) is 4.79 Å². The summed E-state index contributed by atoms with van der Waals surface area (Å²) in [5.74, 6) is 0.793. The molecule has 1 aliphatic rings. The van der Waals surface area contributed by atoms with Crippen molar-refractivity contribution in [2.24, 2.45) is 0 Å². The summed E-state index contributed by atoms with van der Waals surface area (Å²) in [6.45, 7) is 4.59. The molecule has 21 heavy (non-hydrogen) atoms. The van der Waals surface area contributed by atoms with Crippen LogP contribution in [0.25, 0.3) is 0 Å². The van der Waals surface area contributed by atoms with Gasteiger partial charge in [0.2, 0.25) is 11.9 Å². The molecule has 0 aromatic carbocycles. The van der Waals surface area contributed by atoms with Gasteiger partial charge in [-0.3, -0.25) is 9.48 Å². The Bertz CT molecular complexity index is 603. The van der Waals surface area contributed by atoms with E-state index in [1.54, 1.807) is 10.9 Å². The Morgan fingerprint density at radius 3 is 2.71 bits per heavy atom. The quantitative estimate of drug-likeness (QED) is 0.896. The summed E-state index contributed by atoms with van der Waals surface area (Å²) >= 11 is 5.84. The number of piperazine rings is 1. The van der Waals surface area contributed by atoms with Gasteiger partial charge in [-0.1, -0.05) is 11.6 Å². The van der Waals surface area contributed by atoms with Crippen LogP contribution in [0.3, 0.4) is 0 Å². The molecule has 1 saturated heterocycles. The molecule has 1 amide bonds. The number of H-pyrrole nitrogens is 1. The lowest BCUT2D eigenvalue weighted by molar-refractivity contribution is -0.134. The molecule has 9 heteroatoms. The summed E-state index contributed by atoms with van der Waals surface area (Å²) in [7, 11) is 0. The molecule has 2 aromatic rings. The minimum atomic E-state index is -0.352. The molecule has 1 fully saturated rings. The zero-order valence-electron chi connectivity index (χ0n) is 11.6. The van der Waals surface area contributed by atoms with Crippen molar-refractivity contribution in [2.75, 3.05) is 31.1 Å². The Labute approximate surface area is 126 Å². The molecule has 112 valence electrons. The van der Waals surface area contributed by atoms with Gasteiger partial charge in [0, 0.05) is 32.4 Å². The molecule has 0 aliphatic carbocycles. The maximum atomic E-state index is 12.5. The number of aromatic nitrogens is 5. The van der Waals surface area contributed by atoms with Gasteiger partial charge >= 0.3 is 0 Å². The fourth-order valence-electron chi connectivity index (χ4n) is 2.39. The number of carbonyl (C=O) groups is 1. The summed E-state index contributed by atoms with van der Waals surface area (Å²) < 4.78 is 1.59. The van der Waals surface area contributed by atoms with Gasteiger partial charge in [-0.25, -0.2) is 5.10 Å². The van der Waals surface area contributed by atoms with E-state index in [1.807, 2.05) is 11.8 Å². The first kappa shape index (κ1) is 13.9. The van der Waals surface area contributed by atoms with Gasteiger partial charge in [-0.15, -0.1) is 0 Å². The van der Waals surface area contributed by atoms with Gasteiger partial charge in [0.05, 0.1) is 11.2 Å². The third-order valence-electron chi connectivity index (χ3n) is 3.62. The van der Waals surface area contributed by atoms with E-state index in [2.05, 4.69) is 25.2 Å². The number of hydrogen-bond donors (Lipinski definition) is 1. The van der Waals surface area contributed by atoms with Crippen molar-refractivity contribution < 1.29 is 4.79 Å². The molecule has 0 unspecified atom stereocenters. The second-order valence-corrected chi connectivity index (χ2v) is 5.37. The lowest BCUT2D eigenvalue weighted by Gasteiger charge is -2.35. The maximum absolute atomic E-state index is 12.5. The molecule has 2 aromatic heterocycles. The fraction of sp³-hybridized carbons (Fsp3) is 0.500. The molecule has 8 nitrogen and oxygen atoms in total. The van der Waals surface area contributed by atoms with Crippen LogP contribution in [-0.4, -0.2) is 61.9 Å². The lowest BCUT2D eigenvalue weighted by atomic mass is 10.2. The zero-order chi connectivity index (χ0) is 14.8. The largest absolute Gasteiger partial charge is 0.338 e. The molecule has 0 saturated carbocycles. The summed E-state index contributed by atoms with van der Waals surface area (Å²) in [6.07, 6.45) is 4.68. The summed E-state index contributed by atoms with van der Waals surface area (Å²) in [5, 5.41) is 11.3. The Hall–Kier alpha value is -2.09. The number of rotatable bonds is 3. The third kappa shape index (κ3) is 2.85. The third-order valence-corrected chi connectivity index (χ3v) is 3.81. The van der Waals surface area contributed by atoms with Gasteiger partial charge in [0.1, 0.15) is 12.4 Å². The standard InChI is InChI=1S/C12H16ClN7O/c1-9(20-7-10(13)6-16-20)11(21)18-2-4-19(5-3-18)12-14-8-15-17-12/h6-9H,2-5H2,1H3,(H,14,15,17)/t9-/m1/s1. The number of aromatic amines is 1. The first-order chi connectivity index (χ1) is 10.1. The van der Waals surface area contributed by atoms with Crippen molar-refractivity contribution in [1.82, 2.24) is 29.9 Å². The highest BCUT2D eigenvalue weighted by Gasteiger charge is 2.27. The highest BCUT2D eigenvalue weighted by molar-refractivity contribution is 6.30. The number of nitrogens with one attached hydrogen (secondary N) is 1. The van der Waals surface area contributed by atoms with Crippen molar-refractivity contribution >= 4 is 23.5 Å². The predicted molar refractivity (Wildman–Crippen MR) is 77.1 cm³/mol. The molecule has 1 N–H and O–H groups in total. The molecular formula is C12H16ClN7O. The molecule has 0 spiro atoms. The Kier molecular flexibility index (Phi) is 3.78.